The number of carbonyl (C=O) groups is 1. The Bertz CT molecular complexity index is 671. The van der Waals surface area contributed by atoms with Gasteiger partial charge in [0.05, 0.1) is 12.7 Å². The van der Waals surface area contributed by atoms with Crippen LogP contribution in [0.5, 0.6) is 0 Å². The molecule has 5 nitrogen and oxygen atoms in total. The summed E-state index contributed by atoms with van der Waals surface area (Å²) < 4.78 is 5.46. The molecule has 1 N–H and O–H groups in total. The normalized spacial score (nSPS) is 18.3. The first kappa shape index (κ1) is 15.0. The van der Waals surface area contributed by atoms with E-state index in [1.54, 1.807) is 16.2 Å². The highest BCUT2D eigenvalue weighted by Gasteiger charge is 2.21. The van der Waals surface area contributed by atoms with Crippen LogP contribution in [0.15, 0.2) is 29.6 Å². The van der Waals surface area contributed by atoms with Crippen LogP contribution < -0.4 is 5.32 Å². The van der Waals surface area contributed by atoms with Crippen LogP contribution in [0.3, 0.4) is 0 Å². The number of hydrogen-bond acceptors (Lipinski definition) is 4. The molecular weight excluding hydrogens is 298 g/mol. The van der Waals surface area contributed by atoms with Crippen molar-refractivity contribution in [1.29, 1.82) is 0 Å². The summed E-state index contributed by atoms with van der Waals surface area (Å²) in [5.74, 6) is 0. The predicted octanol–water partition coefficient (Wildman–Crippen LogP) is 3.37. The fourth-order valence-electron chi connectivity index (χ4n) is 2.42. The Morgan fingerprint density at radius 3 is 3.09 bits per heavy atom. The first-order valence-electron chi connectivity index (χ1n) is 7.32. The van der Waals surface area contributed by atoms with Crippen LogP contribution in [-0.2, 0) is 4.74 Å². The number of thiazole rings is 1. The van der Waals surface area contributed by atoms with Gasteiger partial charge < -0.3 is 15.0 Å². The average molecular weight is 317 g/mol. The van der Waals surface area contributed by atoms with Crippen molar-refractivity contribution in [2.24, 2.45) is 0 Å². The van der Waals surface area contributed by atoms with Crippen LogP contribution in [0.1, 0.15) is 12.6 Å². The lowest BCUT2D eigenvalue weighted by atomic mass is 10.2. The van der Waals surface area contributed by atoms with Crippen LogP contribution in [0.2, 0.25) is 0 Å². The molecular formula is C16H19N3O2S. The number of morpholine rings is 1. The maximum absolute atomic E-state index is 12.3. The number of amides is 2. The number of ether oxygens (including phenoxy) is 1. The molecule has 6 heteroatoms. The van der Waals surface area contributed by atoms with E-state index in [0.717, 1.165) is 22.0 Å². The SMILES string of the molecule is Cc1csc(-c2cccc(NC(=O)N3CCOC(C)C3)c2)n1. The number of benzene rings is 1. The topological polar surface area (TPSA) is 54.5 Å². The lowest BCUT2D eigenvalue weighted by Gasteiger charge is -2.31. The molecule has 0 spiro atoms. The van der Waals surface area contributed by atoms with E-state index in [4.69, 9.17) is 4.74 Å². The zero-order valence-corrected chi connectivity index (χ0v) is 13.5. The summed E-state index contributed by atoms with van der Waals surface area (Å²) in [5.41, 5.74) is 2.82. The Hall–Kier alpha value is -1.92. The van der Waals surface area contributed by atoms with E-state index in [2.05, 4.69) is 10.3 Å². The third-order valence-electron chi connectivity index (χ3n) is 3.51. The monoisotopic (exact) mass is 317 g/mol. The largest absolute Gasteiger partial charge is 0.375 e. The Morgan fingerprint density at radius 1 is 1.50 bits per heavy atom. The molecule has 1 atom stereocenters. The zero-order chi connectivity index (χ0) is 15.5. The van der Waals surface area contributed by atoms with Crippen molar-refractivity contribution in [2.45, 2.75) is 20.0 Å². The number of hydrogen-bond donors (Lipinski definition) is 1. The maximum Gasteiger partial charge on any atom is 0.322 e. The van der Waals surface area contributed by atoms with Crippen LogP contribution in [0, 0.1) is 6.92 Å². The van der Waals surface area contributed by atoms with Gasteiger partial charge in [0.25, 0.3) is 0 Å². The molecule has 1 aliphatic rings. The molecule has 1 aromatic carbocycles. The highest BCUT2D eigenvalue weighted by atomic mass is 32.1. The smallest absolute Gasteiger partial charge is 0.322 e. The lowest BCUT2D eigenvalue weighted by molar-refractivity contribution is -0.00138. The van der Waals surface area contributed by atoms with Crippen molar-refractivity contribution in [1.82, 2.24) is 9.88 Å². The van der Waals surface area contributed by atoms with Crippen LogP contribution >= 0.6 is 11.3 Å². The minimum atomic E-state index is -0.0809. The Balaban J connectivity index is 1.71. The summed E-state index contributed by atoms with van der Waals surface area (Å²) in [5, 5.41) is 5.95. The van der Waals surface area contributed by atoms with Gasteiger partial charge in [-0.25, -0.2) is 9.78 Å². The van der Waals surface area contributed by atoms with Gasteiger partial charge in [0.15, 0.2) is 0 Å². The van der Waals surface area contributed by atoms with Gasteiger partial charge in [0.2, 0.25) is 0 Å². The molecule has 1 aliphatic heterocycles. The molecule has 1 aromatic heterocycles. The average Bonchev–Trinajstić information content (AvgIpc) is 2.94. The standard InChI is InChI=1S/C16H19N3O2S/c1-11-10-22-15(17-11)13-4-3-5-14(8-13)18-16(20)19-6-7-21-12(2)9-19/h3-5,8,10,12H,6-7,9H2,1-2H3,(H,18,20). The van der Waals surface area contributed by atoms with Gasteiger partial charge in [-0.3, -0.25) is 0 Å². The number of nitrogens with zero attached hydrogens (tertiary/aromatic N) is 2. The zero-order valence-electron chi connectivity index (χ0n) is 12.7. The number of aryl methyl sites for hydroxylation is 1. The molecule has 116 valence electrons. The molecule has 1 unspecified atom stereocenters. The molecule has 1 saturated heterocycles. The molecule has 2 aromatic rings. The first-order valence-corrected chi connectivity index (χ1v) is 8.20. The van der Waals surface area contributed by atoms with E-state index in [9.17, 15) is 4.79 Å². The fraction of sp³-hybridized carbons (Fsp3) is 0.375. The highest BCUT2D eigenvalue weighted by Crippen LogP contribution is 2.26. The van der Waals surface area contributed by atoms with Gasteiger partial charge in [0.1, 0.15) is 5.01 Å². The Kier molecular flexibility index (Phi) is 4.40. The Morgan fingerprint density at radius 2 is 2.36 bits per heavy atom. The maximum atomic E-state index is 12.3. The number of aromatic nitrogens is 1. The van der Waals surface area contributed by atoms with E-state index in [1.807, 2.05) is 43.5 Å². The number of carbonyl (C=O) groups excluding carboxylic acids is 1. The molecule has 22 heavy (non-hydrogen) atoms. The van der Waals surface area contributed by atoms with Crippen LogP contribution in [-0.4, -0.2) is 41.7 Å². The van der Waals surface area contributed by atoms with E-state index in [-0.39, 0.29) is 12.1 Å². The minimum Gasteiger partial charge on any atom is -0.375 e. The molecule has 2 heterocycles. The molecule has 0 bridgehead atoms. The summed E-state index contributed by atoms with van der Waals surface area (Å²) in [6, 6.07) is 7.71. The second-order valence-corrected chi connectivity index (χ2v) is 6.29. The van der Waals surface area contributed by atoms with Crippen molar-refractivity contribution in [3.63, 3.8) is 0 Å². The van der Waals surface area contributed by atoms with Gasteiger partial charge in [0, 0.05) is 35.4 Å². The van der Waals surface area contributed by atoms with Crippen LogP contribution in [0.25, 0.3) is 10.6 Å². The summed E-state index contributed by atoms with van der Waals surface area (Å²) in [6.45, 7) is 5.79. The summed E-state index contributed by atoms with van der Waals surface area (Å²) in [4.78, 5) is 18.6. The van der Waals surface area contributed by atoms with Crippen molar-refractivity contribution >= 4 is 23.1 Å². The Labute approximate surface area is 133 Å². The summed E-state index contributed by atoms with van der Waals surface area (Å²) >= 11 is 1.61. The molecule has 2 amide bonds. The second kappa shape index (κ2) is 6.46. The third kappa shape index (κ3) is 3.45. The summed E-state index contributed by atoms with van der Waals surface area (Å²) in [6.07, 6.45) is 0.0872. The minimum absolute atomic E-state index is 0.0809. The summed E-state index contributed by atoms with van der Waals surface area (Å²) in [7, 11) is 0. The van der Waals surface area contributed by atoms with Crippen molar-refractivity contribution in [3.8, 4) is 10.6 Å². The lowest BCUT2D eigenvalue weighted by Crippen LogP contribution is -2.46. The van der Waals surface area contributed by atoms with Crippen molar-refractivity contribution in [2.75, 3.05) is 25.0 Å². The number of anilines is 1. The molecule has 0 saturated carbocycles. The number of nitrogens with one attached hydrogen (secondary N) is 1. The van der Waals surface area contributed by atoms with Gasteiger partial charge in [-0.15, -0.1) is 11.3 Å². The fourth-order valence-corrected chi connectivity index (χ4v) is 3.22. The van der Waals surface area contributed by atoms with Gasteiger partial charge >= 0.3 is 6.03 Å². The van der Waals surface area contributed by atoms with Gasteiger partial charge in [-0.1, -0.05) is 12.1 Å². The number of urea groups is 1. The van der Waals surface area contributed by atoms with E-state index in [0.29, 0.717) is 19.7 Å². The first-order chi connectivity index (χ1) is 10.6. The van der Waals surface area contributed by atoms with Gasteiger partial charge in [-0.2, -0.15) is 0 Å². The van der Waals surface area contributed by atoms with Crippen LogP contribution in [0.4, 0.5) is 10.5 Å². The molecule has 0 aliphatic carbocycles. The third-order valence-corrected chi connectivity index (χ3v) is 4.52. The molecule has 3 rings (SSSR count). The second-order valence-electron chi connectivity index (χ2n) is 5.43. The van der Waals surface area contributed by atoms with Gasteiger partial charge in [-0.05, 0) is 26.0 Å². The number of rotatable bonds is 2. The quantitative estimate of drug-likeness (QED) is 0.924. The van der Waals surface area contributed by atoms with E-state index < -0.39 is 0 Å². The van der Waals surface area contributed by atoms with Crippen molar-refractivity contribution in [3.05, 3.63) is 35.3 Å². The van der Waals surface area contributed by atoms with E-state index in [1.165, 1.54) is 0 Å². The predicted molar refractivity (Wildman–Crippen MR) is 88.3 cm³/mol. The highest BCUT2D eigenvalue weighted by molar-refractivity contribution is 7.13. The molecule has 1 fully saturated rings. The van der Waals surface area contributed by atoms with E-state index >= 15 is 0 Å². The van der Waals surface area contributed by atoms with Crippen molar-refractivity contribution < 1.29 is 9.53 Å². The molecule has 0 radical (unpaired) electrons.